The van der Waals surface area contributed by atoms with Gasteiger partial charge in [0.1, 0.15) is 11.2 Å². The molecule has 1 amide bonds. The molecule has 4 rings (SSSR count). The molecule has 3 aliphatic rings. The van der Waals surface area contributed by atoms with Gasteiger partial charge in [-0.1, -0.05) is 18.9 Å². The molecule has 5 heteroatoms. The monoisotopic (exact) mass is 373 g/mol. The first-order chi connectivity index (χ1) is 13.0. The summed E-state index contributed by atoms with van der Waals surface area (Å²) < 4.78 is 13.8. The molecule has 0 aromatic heterocycles. The Balaban J connectivity index is 1.36. The van der Waals surface area contributed by atoms with E-state index in [0.29, 0.717) is 37.8 Å². The van der Waals surface area contributed by atoms with Crippen molar-refractivity contribution in [1.82, 2.24) is 4.90 Å². The summed E-state index contributed by atoms with van der Waals surface area (Å²) in [5.41, 5.74) is 1.31. The lowest BCUT2D eigenvalue weighted by Gasteiger charge is -2.21. The van der Waals surface area contributed by atoms with Gasteiger partial charge in [0, 0.05) is 13.1 Å². The topological polar surface area (TPSA) is 57.6 Å². The van der Waals surface area contributed by atoms with E-state index in [1.807, 2.05) is 6.07 Å². The quantitative estimate of drug-likeness (QED) is 0.763. The van der Waals surface area contributed by atoms with Crippen molar-refractivity contribution < 1.29 is 19.1 Å². The number of carboxylic acids is 1. The molecule has 0 bridgehead atoms. The van der Waals surface area contributed by atoms with Crippen molar-refractivity contribution in [1.29, 1.82) is 0 Å². The first kappa shape index (κ1) is 18.5. The maximum absolute atomic E-state index is 13.8. The van der Waals surface area contributed by atoms with Crippen molar-refractivity contribution >= 4 is 11.9 Å². The molecule has 2 saturated carbocycles. The lowest BCUT2D eigenvalue weighted by Crippen LogP contribution is -2.39. The third-order valence-electron chi connectivity index (χ3n) is 6.87. The van der Waals surface area contributed by atoms with Crippen LogP contribution in [0.3, 0.4) is 0 Å². The molecule has 1 aromatic rings. The third-order valence-corrected chi connectivity index (χ3v) is 6.87. The maximum Gasteiger partial charge on any atom is 0.319 e. The number of benzene rings is 1. The molecule has 146 valence electrons. The number of likely N-dealkylation sites (tertiary alicyclic amines) is 1. The van der Waals surface area contributed by atoms with Crippen molar-refractivity contribution in [2.45, 2.75) is 63.7 Å². The van der Waals surface area contributed by atoms with Crippen molar-refractivity contribution in [3.8, 4) is 0 Å². The number of carbonyl (C=O) groups excluding carboxylic acids is 1. The van der Waals surface area contributed by atoms with Gasteiger partial charge >= 0.3 is 5.97 Å². The Labute approximate surface area is 159 Å². The summed E-state index contributed by atoms with van der Waals surface area (Å²) in [7, 11) is 0. The van der Waals surface area contributed by atoms with Crippen LogP contribution in [0.1, 0.15) is 68.4 Å². The van der Waals surface area contributed by atoms with Gasteiger partial charge in [0.15, 0.2) is 0 Å². The molecule has 0 radical (unpaired) electrons. The van der Waals surface area contributed by atoms with Crippen LogP contribution >= 0.6 is 0 Å². The van der Waals surface area contributed by atoms with Gasteiger partial charge in [-0.25, -0.2) is 4.39 Å². The molecule has 4 nitrogen and oxygen atoms in total. The Morgan fingerprint density at radius 2 is 1.93 bits per heavy atom. The second-order valence-corrected chi connectivity index (χ2v) is 8.66. The zero-order chi connectivity index (χ0) is 19.0. The molecule has 1 aromatic carbocycles. The molecule has 27 heavy (non-hydrogen) atoms. The highest BCUT2D eigenvalue weighted by molar-refractivity contribution is 6.04. The molecule has 0 spiro atoms. The summed E-state index contributed by atoms with van der Waals surface area (Å²) in [6.07, 6.45) is 8.51. The minimum Gasteiger partial charge on any atom is -0.480 e. The molecule has 1 atom stereocenters. The SMILES string of the molecule is O=C(O)C1(C(=O)N2CCC(CCc3ccc(F)cc3C3CCCC3)C2)CC1. The maximum atomic E-state index is 13.8. The van der Waals surface area contributed by atoms with Crippen molar-refractivity contribution in [3.63, 3.8) is 0 Å². The highest BCUT2D eigenvalue weighted by Gasteiger charge is 2.59. The molecule has 1 N–H and O–H groups in total. The highest BCUT2D eigenvalue weighted by Crippen LogP contribution is 2.48. The van der Waals surface area contributed by atoms with Gasteiger partial charge in [-0.05, 0) is 80.0 Å². The Hall–Kier alpha value is -1.91. The number of hydrogen-bond acceptors (Lipinski definition) is 2. The van der Waals surface area contributed by atoms with E-state index >= 15 is 0 Å². The number of hydrogen-bond donors (Lipinski definition) is 1. The van der Waals surface area contributed by atoms with E-state index in [1.54, 1.807) is 17.0 Å². The van der Waals surface area contributed by atoms with Gasteiger partial charge in [-0.3, -0.25) is 9.59 Å². The van der Waals surface area contributed by atoms with Crippen LogP contribution in [0.4, 0.5) is 4.39 Å². The number of amides is 1. The van der Waals surface area contributed by atoms with Gasteiger partial charge < -0.3 is 10.0 Å². The van der Waals surface area contributed by atoms with Gasteiger partial charge in [0.2, 0.25) is 5.91 Å². The summed E-state index contributed by atoms with van der Waals surface area (Å²) in [6.45, 7) is 1.32. The van der Waals surface area contributed by atoms with Crippen LogP contribution in [0, 0.1) is 17.2 Å². The Kier molecular flexibility index (Phi) is 4.95. The van der Waals surface area contributed by atoms with E-state index in [9.17, 15) is 19.1 Å². The fraction of sp³-hybridized carbons (Fsp3) is 0.636. The van der Waals surface area contributed by atoms with Crippen molar-refractivity contribution in [2.75, 3.05) is 13.1 Å². The second kappa shape index (κ2) is 7.25. The highest BCUT2D eigenvalue weighted by atomic mass is 19.1. The smallest absolute Gasteiger partial charge is 0.319 e. The van der Waals surface area contributed by atoms with E-state index in [1.165, 1.54) is 24.0 Å². The van der Waals surface area contributed by atoms with Crippen LogP contribution in [0.15, 0.2) is 18.2 Å². The number of aliphatic carboxylic acids is 1. The zero-order valence-corrected chi connectivity index (χ0v) is 15.8. The average molecular weight is 373 g/mol. The normalized spacial score (nSPS) is 24.3. The largest absolute Gasteiger partial charge is 0.480 e. The van der Waals surface area contributed by atoms with E-state index in [-0.39, 0.29) is 11.7 Å². The van der Waals surface area contributed by atoms with E-state index < -0.39 is 11.4 Å². The first-order valence-electron chi connectivity index (χ1n) is 10.3. The molecule has 1 heterocycles. The molecule has 1 saturated heterocycles. The van der Waals surface area contributed by atoms with Crippen molar-refractivity contribution in [2.24, 2.45) is 11.3 Å². The first-order valence-corrected chi connectivity index (χ1v) is 10.3. The molecular weight excluding hydrogens is 345 g/mol. The van der Waals surface area contributed by atoms with Crippen LogP contribution in [-0.2, 0) is 16.0 Å². The van der Waals surface area contributed by atoms with Crippen LogP contribution in [0.5, 0.6) is 0 Å². The number of carbonyl (C=O) groups is 2. The van der Waals surface area contributed by atoms with E-state index in [2.05, 4.69) is 0 Å². The van der Waals surface area contributed by atoms with Crippen LogP contribution in [0.25, 0.3) is 0 Å². The number of carboxylic acid groups (broad SMARTS) is 1. The molecule has 1 aliphatic heterocycles. The van der Waals surface area contributed by atoms with E-state index in [4.69, 9.17) is 0 Å². The summed E-state index contributed by atoms with van der Waals surface area (Å²) in [6, 6.07) is 5.21. The fourth-order valence-corrected chi connectivity index (χ4v) is 4.97. The Morgan fingerprint density at radius 3 is 2.59 bits per heavy atom. The minimum atomic E-state index is -1.12. The predicted octanol–water partition coefficient (Wildman–Crippen LogP) is 4.13. The summed E-state index contributed by atoms with van der Waals surface area (Å²) >= 11 is 0. The lowest BCUT2D eigenvalue weighted by atomic mass is 9.89. The van der Waals surface area contributed by atoms with E-state index in [0.717, 1.165) is 32.1 Å². The van der Waals surface area contributed by atoms with Gasteiger partial charge in [-0.2, -0.15) is 0 Å². The minimum absolute atomic E-state index is 0.151. The zero-order valence-electron chi connectivity index (χ0n) is 15.8. The van der Waals surface area contributed by atoms with Gasteiger partial charge in [0.25, 0.3) is 0 Å². The number of halogens is 1. The van der Waals surface area contributed by atoms with Crippen LogP contribution in [-0.4, -0.2) is 35.0 Å². The summed E-state index contributed by atoms with van der Waals surface area (Å²) in [5, 5.41) is 9.33. The number of nitrogens with zero attached hydrogens (tertiary/aromatic N) is 1. The summed E-state index contributed by atoms with van der Waals surface area (Å²) in [4.78, 5) is 25.7. The standard InChI is InChI=1S/C22H28FNO3/c23-18-8-7-17(19(13-18)16-3-1-2-4-16)6-5-15-9-12-24(14-15)20(25)22(10-11-22)21(26)27/h7-8,13,15-16H,1-6,9-12,14H2,(H,26,27). The van der Waals surface area contributed by atoms with Crippen LogP contribution in [0.2, 0.25) is 0 Å². The average Bonchev–Trinajstić information content (AvgIpc) is 3.06. The van der Waals surface area contributed by atoms with Crippen LogP contribution < -0.4 is 0 Å². The Morgan fingerprint density at radius 1 is 1.19 bits per heavy atom. The molecule has 2 aliphatic carbocycles. The second-order valence-electron chi connectivity index (χ2n) is 8.66. The predicted molar refractivity (Wildman–Crippen MR) is 99.9 cm³/mol. The Bertz CT molecular complexity index is 737. The molecule has 1 unspecified atom stereocenters. The lowest BCUT2D eigenvalue weighted by molar-refractivity contribution is -0.153. The van der Waals surface area contributed by atoms with Gasteiger partial charge in [-0.15, -0.1) is 0 Å². The summed E-state index contributed by atoms with van der Waals surface area (Å²) in [5.74, 6) is -0.418. The molecular formula is C22H28FNO3. The number of rotatable bonds is 6. The number of aryl methyl sites for hydroxylation is 1. The third kappa shape index (κ3) is 3.61. The van der Waals surface area contributed by atoms with Crippen molar-refractivity contribution in [3.05, 3.63) is 35.1 Å². The fourth-order valence-electron chi connectivity index (χ4n) is 4.97. The van der Waals surface area contributed by atoms with Gasteiger partial charge in [0.05, 0.1) is 0 Å². The molecule has 3 fully saturated rings.